The highest BCUT2D eigenvalue weighted by Gasteiger charge is 2.03. The Labute approximate surface area is 68.9 Å². The molecule has 4 nitrogen and oxygen atoms in total. The zero-order chi connectivity index (χ0) is 8.43. The summed E-state index contributed by atoms with van der Waals surface area (Å²) in [5.41, 5.74) is 5.72. The van der Waals surface area contributed by atoms with Crippen LogP contribution in [-0.2, 0) is 11.3 Å². The largest absolute Gasteiger partial charge is 0.368 e. The molecule has 1 amide bonds. The number of rotatable bonds is 2. The van der Waals surface area contributed by atoms with Crippen molar-refractivity contribution in [3.63, 3.8) is 0 Å². The summed E-state index contributed by atoms with van der Waals surface area (Å²) in [5, 5.41) is 4.37. The van der Waals surface area contributed by atoms with Crippen LogP contribution >= 0.6 is 11.6 Å². The molecule has 11 heavy (non-hydrogen) atoms. The summed E-state index contributed by atoms with van der Waals surface area (Å²) in [4.78, 5) is 10.4. The minimum Gasteiger partial charge on any atom is -0.368 e. The molecule has 0 radical (unpaired) electrons. The van der Waals surface area contributed by atoms with Crippen molar-refractivity contribution in [1.82, 2.24) is 9.78 Å². The van der Waals surface area contributed by atoms with Gasteiger partial charge in [0.2, 0.25) is 5.91 Å². The van der Waals surface area contributed by atoms with E-state index in [4.69, 9.17) is 17.3 Å². The number of nitrogens with two attached hydrogens (primary N) is 1. The fourth-order valence-corrected chi connectivity index (χ4v) is 1.03. The lowest BCUT2D eigenvalue weighted by Gasteiger charge is -1.96. The summed E-state index contributed by atoms with van der Waals surface area (Å²) < 4.78 is 1.36. The second-order valence-electron chi connectivity index (χ2n) is 2.23. The fourth-order valence-electron chi connectivity index (χ4n) is 0.772. The third-order valence-corrected chi connectivity index (χ3v) is 1.46. The molecule has 0 atom stereocenters. The third-order valence-electron chi connectivity index (χ3n) is 1.16. The van der Waals surface area contributed by atoms with Crippen molar-refractivity contribution < 1.29 is 4.79 Å². The lowest BCUT2D eigenvalue weighted by atomic mass is 10.5. The van der Waals surface area contributed by atoms with Gasteiger partial charge in [-0.15, -0.1) is 0 Å². The molecule has 0 aliphatic rings. The third kappa shape index (κ3) is 1.94. The van der Waals surface area contributed by atoms with Crippen LogP contribution in [0, 0.1) is 6.92 Å². The van der Waals surface area contributed by atoms with Gasteiger partial charge >= 0.3 is 0 Å². The molecule has 0 bridgehead atoms. The predicted octanol–water partition coefficient (Wildman–Crippen LogP) is 0.330. The van der Waals surface area contributed by atoms with Crippen LogP contribution in [0.5, 0.6) is 0 Å². The average molecular weight is 174 g/mol. The maximum Gasteiger partial charge on any atom is 0.239 e. The van der Waals surface area contributed by atoms with E-state index in [9.17, 15) is 4.79 Å². The highest BCUT2D eigenvalue weighted by molar-refractivity contribution is 6.29. The first-order valence-electron chi connectivity index (χ1n) is 3.08. The van der Waals surface area contributed by atoms with Gasteiger partial charge in [0.05, 0.1) is 5.69 Å². The summed E-state index contributed by atoms with van der Waals surface area (Å²) in [6, 6.07) is 1.67. The lowest BCUT2D eigenvalue weighted by molar-refractivity contribution is -0.118. The molecule has 0 aliphatic carbocycles. The number of aryl methyl sites for hydroxylation is 1. The van der Waals surface area contributed by atoms with E-state index >= 15 is 0 Å². The highest BCUT2D eigenvalue weighted by Crippen LogP contribution is 2.09. The van der Waals surface area contributed by atoms with Crippen LogP contribution in [0.2, 0.25) is 5.15 Å². The Hall–Kier alpha value is -1.03. The molecule has 0 spiro atoms. The van der Waals surface area contributed by atoms with Gasteiger partial charge in [0, 0.05) is 0 Å². The van der Waals surface area contributed by atoms with Crippen LogP contribution in [0.1, 0.15) is 5.69 Å². The van der Waals surface area contributed by atoms with E-state index in [2.05, 4.69) is 5.10 Å². The standard InChI is InChI=1S/C6H8ClN3O/c1-4-2-5(7)10(9-4)3-6(8)11/h2H,3H2,1H3,(H2,8,11). The Morgan fingerprint density at radius 1 is 1.91 bits per heavy atom. The number of aromatic nitrogens is 2. The number of carbonyl (C=O) groups is 1. The van der Waals surface area contributed by atoms with Gasteiger partial charge in [0.1, 0.15) is 11.7 Å². The molecule has 0 unspecified atom stereocenters. The molecule has 0 fully saturated rings. The van der Waals surface area contributed by atoms with Crippen molar-refractivity contribution in [2.75, 3.05) is 0 Å². The summed E-state index contributed by atoms with van der Waals surface area (Å²) in [6.07, 6.45) is 0. The number of hydrogen-bond donors (Lipinski definition) is 1. The quantitative estimate of drug-likeness (QED) is 0.701. The molecule has 5 heteroatoms. The first kappa shape index (κ1) is 8.07. The lowest BCUT2D eigenvalue weighted by Crippen LogP contribution is -2.19. The second kappa shape index (κ2) is 2.92. The van der Waals surface area contributed by atoms with Crippen LogP contribution < -0.4 is 5.73 Å². The molecule has 0 aromatic carbocycles. The van der Waals surface area contributed by atoms with Gasteiger partial charge in [-0.1, -0.05) is 11.6 Å². The van der Waals surface area contributed by atoms with Crippen molar-refractivity contribution in [2.45, 2.75) is 13.5 Å². The Balaban J connectivity index is 2.85. The van der Waals surface area contributed by atoms with E-state index in [0.29, 0.717) is 5.15 Å². The van der Waals surface area contributed by atoms with Gasteiger partial charge in [-0.3, -0.25) is 4.79 Å². The normalized spacial score (nSPS) is 10.0. The van der Waals surface area contributed by atoms with Crippen LogP contribution in [-0.4, -0.2) is 15.7 Å². The van der Waals surface area contributed by atoms with Crippen molar-refractivity contribution in [3.05, 3.63) is 16.9 Å². The molecule has 2 N–H and O–H groups in total. The first-order valence-corrected chi connectivity index (χ1v) is 3.45. The van der Waals surface area contributed by atoms with E-state index in [1.807, 2.05) is 0 Å². The smallest absolute Gasteiger partial charge is 0.239 e. The number of halogens is 1. The van der Waals surface area contributed by atoms with Crippen molar-refractivity contribution >= 4 is 17.5 Å². The molecular formula is C6H8ClN3O. The topological polar surface area (TPSA) is 60.9 Å². The van der Waals surface area contributed by atoms with Crippen LogP contribution in [0.25, 0.3) is 0 Å². The van der Waals surface area contributed by atoms with Crippen molar-refractivity contribution in [2.24, 2.45) is 5.73 Å². The number of carbonyl (C=O) groups excluding carboxylic acids is 1. The average Bonchev–Trinajstić information content (AvgIpc) is 2.09. The molecule has 0 saturated carbocycles. The summed E-state index contributed by atoms with van der Waals surface area (Å²) in [6.45, 7) is 1.83. The Bertz CT molecular complexity index is 281. The van der Waals surface area contributed by atoms with Crippen LogP contribution in [0.15, 0.2) is 6.07 Å². The molecular weight excluding hydrogens is 166 g/mol. The van der Waals surface area contributed by atoms with Gasteiger partial charge in [0.15, 0.2) is 0 Å². The minimum absolute atomic E-state index is 0.0344. The van der Waals surface area contributed by atoms with E-state index in [0.717, 1.165) is 5.69 Å². The van der Waals surface area contributed by atoms with Crippen molar-refractivity contribution in [1.29, 1.82) is 0 Å². The highest BCUT2D eigenvalue weighted by atomic mass is 35.5. The molecule has 1 heterocycles. The van der Waals surface area contributed by atoms with Gasteiger partial charge in [-0.05, 0) is 13.0 Å². The second-order valence-corrected chi connectivity index (χ2v) is 2.62. The number of hydrogen-bond acceptors (Lipinski definition) is 2. The van der Waals surface area contributed by atoms with Crippen molar-refractivity contribution in [3.8, 4) is 0 Å². The zero-order valence-corrected chi connectivity index (χ0v) is 6.80. The van der Waals surface area contributed by atoms with Crippen LogP contribution in [0.3, 0.4) is 0 Å². The van der Waals surface area contributed by atoms with E-state index in [1.165, 1.54) is 4.68 Å². The fraction of sp³-hybridized carbons (Fsp3) is 0.333. The van der Waals surface area contributed by atoms with Gasteiger partial charge in [-0.2, -0.15) is 5.10 Å². The first-order chi connectivity index (χ1) is 5.09. The summed E-state index contributed by atoms with van der Waals surface area (Å²) in [7, 11) is 0. The molecule has 0 saturated heterocycles. The zero-order valence-electron chi connectivity index (χ0n) is 6.04. The van der Waals surface area contributed by atoms with E-state index < -0.39 is 5.91 Å². The number of nitrogens with zero attached hydrogens (tertiary/aromatic N) is 2. The molecule has 60 valence electrons. The molecule has 0 aliphatic heterocycles. The summed E-state index contributed by atoms with van der Waals surface area (Å²) in [5.74, 6) is -0.449. The predicted molar refractivity (Wildman–Crippen MR) is 41.2 cm³/mol. The molecule has 1 aromatic heterocycles. The Morgan fingerprint density at radius 2 is 2.55 bits per heavy atom. The maximum atomic E-state index is 10.4. The van der Waals surface area contributed by atoms with Crippen LogP contribution in [0.4, 0.5) is 0 Å². The molecule has 1 aromatic rings. The number of amides is 1. The van der Waals surface area contributed by atoms with E-state index in [-0.39, 0.29) is 6.54 Å². The van der Waals surface area contributed by atoms with Gasteiger partial charge in [0.25, 0.3) is 0 Å². The number of primary amides is 1. The SMILES string of the molecule is Cc1cc(Cl)n(CC(N)=O)n1. The minimum atomic E-state index is -0.449. The summed E-state index contributed by atoms with van der Waals surface area (Å²) >= 11 is 5.68. The van der Waals surface area contributed by atoms with Gasteiger partial charge in [-0.25, -0.2) is 4.68 Å². The maximum absolute atomic E-state index is 10.4. The molecule has 1 rings (SSSR count). The van der Waals surface area contributed by atoms with E-state index in [1.54, 1.807) is 13.0 Å². The Kier molecular flexibility index (Phi) is 2.14. The van der Waals surface area contributed by atoms with Gasteiger partial charge < -0.3 is 5.73 Å². The monoisotopic (exact) mass is 173 g/mol. The Morgan fingerprint density at radius 3 is 2.91 bits per heavy atom.